The van der Waals surface area contributed by atoms with Crippen molar-refractivity contribution >= 4 is 29.7 Å². The van der Waals surface area contributed by atoms with Crippen molar-refractivity contribution in [2.24, 2.45) is 0 Å². The number of hydrogen-bond acceptors (Lipinski definition) is 5. The van der Waals surface area contributed by atoms with Crippen LogP contribution in [0.5, 0.6) is 5.75 Å². The molecule has 21 heavy (non-hydrogen) atoms. The number of rotatable bonds is 4. The lowest BCUT2D eigenvalue weighted by Crippen LogP contribution is -2.24. The van der Waals surface area contributed by atoms with Gasteiger partial charge in [0.25, 0.3) is 0 Å². The van der Waals surface area contributed by atoms with Crippen LogP contribution < -0.4 is 5.32 Å². The SMILES string of the molecule is Cc1ncc(CO)c(CNC(=O)CBr)c1O.O=P(O)(O)O. The summed E-state index contributed by atoms with van der Waals surface area (Å²) in [5, 5.41) is 21.6. The molecule has 9 nitrogen and oxygen atoms in total. The fourth-order valence-electron chi connectivity index (χ4n) is 1.25. The van der Waals surface area contributed by atoms with Gasteiger partial charge in [0.1, 0.15) is 5.75 Å². The van der Waals surface area contributed by atoms with E-state index in [-0.39, 0.29) is 30.1 Å². The fraction of sp³-hybridized carbons (Fsp3) is 0.400. The van der Waals surface area contributed by atoms with E-state index >= 15 is 0 Å². The zero-order valence-corrected chi connectivity index (χ0v) is 13.5. The lowest BCUT2D eigenvalue weighted by molar-refractivity contribution is -0.118. The second kappa shape index (κ2) is 9.08. The van der Waals surface area contributed by atoms with Gasteiger partial charge in [-0.1, -0.05) is 15.9 Å². The summed E-state index contributed by atoms with van der Waals surface area (Å²) in [5.74, 6) is -0.167. The molecule has 0 saturated heterocycles. The normalized spacial score (nSPS) is 10.6. The molecule has 11 heteroatoms. The van der Waals surface area contributed by atoms with Crippen molar-refractivity contribution in [3.8, 4) is 5.75 Å². The van der Waals surface area contributed by atoms with E-state index < -0.39 is 7.82 Å². The number of alkyl halides is 1. The van der Waals surface area contributed by atoms with Gasteiger partial charge in [-0.3, -0.25) is 9.78 Å². The van der Waals surface area contributed by atoms with Crippen molar-refractivity contribution in [2.45, 2.75) is 20.1 Å². The minimum Gasteiger partial charge on any atom is -0.506 e. The number of carbonyl (C=O) groups is 1. The molecule has 0 radical (unpaired) electrons. The number of aryl methyl sites for hydroxylation is 1. The Hall–Kier alpha value is -1.03. The summed E-state index contributed by atoms with van der Waals surface area (Å²) in [6.07, 6.45) is 1.49. The highest BCUT2D eigenvalue weighted by molar-refractivity contribution is 9.09. The first kappa shape index (κ1) is 20.0. The number of pyridine rings is 1. The minimum atomic E-state index is -4.64. The van der Waals surface area contributed by atoms with Gasteiger partial charge >= 0.3 is 7.82 Å². The summed E-state index contributed by atoms with van der Waals surface area (Å²) in [6, 6.07) is 0. The van der Waals surface area contributed by atoms with E-state index in [0.717, 1.165) is 0 Å². The summed E-state index contributed by atoms with van der Waals surface area (Å²) >= 11 is 3.02. The van der Waals surface area contributed by atoms with Crippen LogP contribution in [0, 0.1) is 6.92 Å². The van der Waals surface area contributed by atoms with Gasteiger partial charge in [-0.2, -0.15) is 0 Å². The molecule has 0 aliphatic rings. The van der Waals surface area contributed by atoms with Crippen molar-refractivity contribution in [2.75, 3.05) is 5.33 Å². The van der Waals surface area contributed by atoms with Gasteiger partial charge in [-0.25, -0.2) is 4.57 Å². The molecule has 6 N–H and O–H groups in total. The van der Waals surface area contributed by atoms with Gasteiger partial charge in [-0.15, -0.1) is 0 Å². The third kappa shape index (κ3) is 8.76. The average molecular weight is 387 g/mol. The van der Waals surface area contributed by atoms with E-state index in [1.165, 1.54) is 6.20 Å². The maximum Gasteiger partial charge on any atom is 0.466 e. The number of aliphatic hydroxyl groups is 1. The highest BCUT2D eigenvalue weighted by atomic mass is 79.9. The first-order valence-corrected chi connectivity index (χ1v) is 8.17. The van der Waals surface area contributed by atoms with Crippen LogP contribution in [0.3, 0.4) is 0 Å². The molecule has 0 fully saturated rings. The zero-order chi connectivity index (χ0) is 16.6. The average Bonchev–Trinajstić information content (AvgIpc) is 2.38. The Balaban J connectivity index is 0.000000690. The quantitative estimate of drug-likeness (QED) is 0.303. The molecule has 1 aromatic heterocycles. The predicted octanol–water partition coefficient (Wildman–Crippen LogP) is -0.330. The molecule has 0 aliphatic heterocycles. The number of nitrogens with zero attached hydrogens (tertiary/aromatic N) is 1. The highest BCUT2D eigenvalue weighted by Crippen LogP contribution is 2.26. The standard InChI is InChI=1S/C10H13BrN2O3.H3O4P/c1-6-10(16)8(4-13-9(15)2-11)7(5-14)3-12-6;1-5(2,3)4/h3,14,16H,2,4-5H2,1H3,(H,13,15);(H3,1,2,3,4). The largest absolute Gasteiger partial charge is 0.506 e. The topological polar surface area (TPSA) is 160 Å². The maximum atomic E-state index is 11.1. The Morgan fingerprint density at radius 3 is 2.38 bits per heavy atom. The number of aromatic hydroxyl groups is 1. The van der Waals surface area contributed by atoms with Crippen LogP contribution in [0.1, 0.15) is 16.8 Å². The van der Waals surface area contributed by atoms with E-state index in [1.807, 2.05) is 0 Å². The maximum absolute atomic E-state index is 11.1. The predicted molar refractivity (Wildman–Crippen MR) is 76.5 cm³/mol. The van der Waals surface area contributed by atoms with Crippen LogP contribution in [0.2, 0.25) is 0 Å². The summed E-state index contributed by atoms with van der Waals surface area (Å²) in [6.45, 7) is 1.61. The van der Waals surface area contributed by atoms with Crippen molar-refractivity contribution < 1.29 is 34.3 Å². The van der Waals surface area contributed by atoms with E-state index in [1.54, 1.807) is 6.92 Å². The Labute approximate surface area is 129 Å². The van der Waals surface area contributed by atoms with Crippen LogP contribution >= 0.6 is 23.8 Å². The Morgan fingerprint density at radius 2 is 1.95 bits per heavy atom. The van der Waals surface area contributed by atoms with Crippen LogP contribution in [0.15, 0.2) is 6.20 Å². The molecule has 1 aromatic rings. The molecule has 1 amide bonds. The number of carbonyl (C=O) groups excluding carboxylic acids is 1. The smallest absolute Gasteiger partial charge is 0.466 e. The molecule has 1 rings (SSSR count). The van der Waals surface area contributed by atoms with Crippen molar-refractivity contribution in [1.82, 2.24) is 10.3 Å². The van der Waals surface area contributed by atoms with Crippen molar-refractivity contribution in [3.63, 3.8) is 0 Å². The third-order valence-electron chi connectivity index (χ3n) is 2.18. The van der Waals surface area contributed by atoms with Gasteiger partial charge < -0.3 is 30.2 Å². The molecular formula is C10H16BrN2O7P. The summed E-state index contributed by atoms with van der Waals surface area (Å²) in [4.78, 5) is 36.6. The van der Waals surface area contributed by atoms with Crippen molar-refractivity contribution in [1.29, 1.82) is 0 Å². The number of aromatic nitrogens is 1. The van der Waals surface area contributed by atoms with E-state index in [4.69, 9.17) is 24.4 Å². The Bertz CT molecular complexity index is 526. The second-order valence-electron chi connectivity index (χ2n) is 3.78. The molecule has 0 unspecified atom stereocenters. The molecule has 0 spiro atoms. The van der Waals surface area contributed by atoms with Crippen LogP contribution in [-0.4, -0.2) is 41.1 Å². The monoisotopic (exact) mass is 386 g/mol. The minimum absolute atomic E-state index is 0.0152. The zero-order valence-electron chi connectivity index (χ0n) is 11.0. The number of phosphoric acid groups is 1. The number of nitrogens with one attached hydrogen (secondary N) is 1. The summed E-state index contributed by atoms with van der Waals surface area (Å²) < 4.78 is 8.88. The highest BCUT2D eigenvalue weighted by Gasteiger charge is 2.11. The fourth-order valence-corrected chi connectivity index (χ4v) is 1.45. The second-order valence-corrected chi connectivity index (χ2v) is 5.37. The lowest BCUT2D eigenvalue weighted by atomic mass is 10.1. The number of hydrogen-bond donors (Lipinski definition) is 6. The van der Waals surface area contributed by atoms with Gasteiger partial charge in [0.05, 0.1) is 17.6 Å². The van der Waals surface area contributed by atoms with Gasteiger partial charge in [-0.05, 0) is 6.92 Å². The van der Waals surface area contributed by atoms with E-state index in [0.29, 0.717) is 16.8 Å². The molecule has 0 aliphatic carbocycles. The molecular weight excluding hydrogens is 371 g/mol. The number of aliphatic hydroxyl groups excluding tert-OH is 1. The van der Waals surface area contributed by atoms with Crippen LogP contribution in [0.25, 0.3) is 0 Å². The Morgan fingerprint density at radius 1 is 1.43 bits per heavy atom. The molecule has 120 valence electrons. The van der Waals surface area contributed by atoms with Gasteiger partial charge in [0.15, 0.2) is 0 Å². The number of halogens is 1. The molecule has 0 aromatic carbocycles. The lowest BCUT2D eigenvalue weighted by Gasteiger charge is -2.11. The first-order chi connectivity index (χ1) is 9.60. The Kier molecular flexibility index (Phi) is 8.64. The van der Waals surface area contributed by atoms with Gasteiger partial charge in [0.2, 0.25) is 5.91 Å². The molecule has 0 saturated carbocycles. The first-order valence-electron chi connectivity index (χ1n) is 5.48. The summed E-state index contributed by atoms with van der Waals surface area (Å²) in [5.41, 5.74) is 1.49. The third-order valence-corrected chi connectivity index (χ3v) is 2.69. The van der Waals surface area contributed by atoms with Crippen molar-refractivity contribution in [3.05, 3.63) is 23.0 Å². The molecule has 0 atom stereocenters. The van der Waals surface area contributed by atoms with Crippen LogP contribution in [-0.2, 0) is 22.5 Å². The van der Waals surface area contributed by atoms with E-state index in [9.17, 15) is 9.90 Å². The van der Waals surface area contributed by atoms with Gasteiger partial charge in [0, 0.05) is 23.9 Å². The number of amides is 1. The molecule has 1 heterocycles. The van der Waals surface area contributed by atoms with Crippen LogP contribution in [0.4, 0.5) is 0 Å². The summed E-state index contributed by atoms with van der Waals surface area (Å²) in [7, 11) is -4.64. The molecule has 0 bridgehead atoms. The van der Waals surface area contributed by atoms with E-state index in [2.05, 4.69) is 26.2 Å².